The number of benzene rings is 2. The summed E-state index contributed by atoms with van der Waals surface area (Å²) in [6, 6.07) is 9.93. The molecule has 1 aliphatic carbocycles. The van der Waals surface area contributed by atoms with Crippen molar-refractivity contribution in [3.05, 3.63) is 71.3 Å². The highest BCUT2D eigenvalue weighted by atomic mass is 32.2. The van der Waals surface area contributed by atoms with Crippen molar-refractivity contribution in [1.29, 1.82) is 0 Å². The number of nitrogens with zero attached hydrogens (tertiary/aromatic N) is 3. The van der Waals surface area contributed by atoms with Crippen LogP contribution in [0.1, 0.15) is 28.0 Å². The van der Waals surface area contributed by atoms with E-state index in [-0.39, 0.29) is 36.5 Å². The van der Waals surface area contributed by atoms with E-state index in [0.29, 0.717) is 16.8 Å². The summed E-state index contributed by atoms with van der Waals surface area (Å²) in [5.41, 5.74) is 2.39. The first-order valence-corrected chi connectivity index (χ1v) is 12.2. The number of carbonyl (C=O) groups excluding carboxylic acids is 1. The van der Waals surface area contributed by atoms with Gasteiger partial charge in [-0.1, -0.05) is 18.2 Å². The molecule has 3 aromatic rings. The predicted octanol–water partition coefficient (Wildman–Crippen LogP) is 3.90. The fourth-order valence-electron chi connectivity index (χ4n) is 4.15. The van der Waals surface area contributed by atoms with Crippen LogP contribution >= 0.6 is 0 Å². The van der Waals surface area contributed by atoms with Crippen LogP contribution < -0.4 is 0 Å². The zero-order valence-corrected chi connectivity index (χ0v) is 18.4. The van der Waals surface area contributed by atoms with Crippen molar-refractivity contribution in [1.82, 2.24) is 14.7 Å². The van der Waals surface area contributed by atoms with Crippen LogP contribution in [0.5, 0.6) is 0 Å². The highest BCUT2D eigenvalue weighted by Gasteiger charge is 2.56. The topological polar surface area (TPSA) is 72.3 Å². The van der Waals surface area contributed by atoms with Gasteiger partial charge >= 0.3 is 0 Å². The summed E-state index contributed by atoms with van der Waals surface area (Å²) in [7, 11) is -3.57. The largest absolute Gasteiger partial charge is 0.328 e. The second kappa shape index (κ2) is 7.44. The third-order valence-electron chi connectivity index (χ3n) is 6.06. The Morgan fingerprint density at radius 2 is 1.94 bits per heavy atom. The molecule has 0 N–H and O–H groups in total. The van der Waals surface area contributed by atoms with E-state index in [2.05, 4.69) is 5.10 Å². The van der Waals surface area contributed by atoms with Crippen LogP contribution in [0.25, 0.3) is 11.1 Å². The summed E-state index contributed by atoms with van der Waals surface area (Å²) in [6.07, 6.45) is 2.59. The minimum absolute atomic E-state index is 0.0153. The normalized spacial score (nSPS) is 18.9. The number of aromatic nitrogens is 2. The molecule has 6 nitrogen and oxygen atoms in total. The van der Waals surface area contributed by atoms with Crippen LogP contribution in [0.4, 0.5) is 13.2 Å². The van der Waals surface area contributed by atoms with Crippen LogP contribution in [0, 0.1) is 11.7 Å². The van der Waals surface area contributed by atoms with Crippen molar-refractivity contribution in [2.75, 3.05) is 6.26 Å². The Morgan fingerprint density at radius 3 is 2.58 bits per heavy atom. The maximum atomic E-state index is 13.8. The number of sulfone groups is 1. The van der Waals surface area contributed by atoms with E-state index < -0.39 is 33.4 Å². The molecule has 10 heteroatoms. The fourth-order valence-corrected chi connectivity index (χ4v) is 4.80. The molecule has 5 rings (SSSR count). The summed E-state index contributed by atoms with van der Waals surface area (Å²) in [6.45, 7) is 0.531. The monoisotopic (exact) mass is 475 g/mol. The first-order valence-electron chi connectivity index (χ1n) is 10.3. The number of amides is 1. The summed E-state index contributed by atoms with van der Waals surface area (Å²) >= 11 is 0. The highest BCUT2D eigenvalue weighted by Crippen LogP contribution is 2.49. The second-order valence-corrected chi connectivity index (χ2v) is 10.7. The number of hydrogen-bond acceptors (Lipinski definition) is 4. The lowest BCUT2D eigenvalue weighted by molar-refractivity contribution is 0.0749. The zero-order valence-electron chi connectivity index (χ0n) is 17.6. The summed E-state index contributed by atoms with van der Waals surface area (Å²) in [5, 5.41) is 4.36. The van der Waals surface area contributed by atoms with Crippen LogP contribution in [0.3, 0.4) is 0 Å². The van der Waals surface area contributed by atoms with Gasteiger partial charge in [0.1, 0.15) is 5.82 Å². The quantitative estimate of drug-likeness (QED) is 0.561. The number of halogens is 3. The molecule has 0 radical (unpaired) electrons. The molecule has 1 fully saturated rings. The molecule has 2 heterocycles. The van der Waals surface area contributed by atoms with Crippen LogP contribution in [0.15, 0.2) is 53.6 Å². The van der Waals surface area contributed by atoms with Gasteiger partial charge in [-0.2, -0.15) is 5.10 Å². The number of carbonyl (C=O) groups is 1. The molecular formula is C23H20F3N3O3S. The lowest BCUT2D eigenvalue weighted by atomic mass is 9.98. The molecule has 1 amide bonds. The number of rotatable bonds is 5. The fraction of sp³-hybridized carbons (Fsp3) is 0.304. The van der Waals surface area contributed by atoms with E-state index in [4.69, 9.17) is 0 Å². The Balaban J connectivity index is 1.44. The first kappa shape index (κ1) is 21.7. The average Bonchev–Trinajstić information content (AvgIpc) is 3.02. The minimum Gasteiger partial charge on any atom is -0.328 e. The third kappa shape index (κ3) is 4.15. The van der Waals surface area contributed by atoms with Gasteiger partial charge in [0.2, 0.25) is 0 Å². The van der Waals surface area contributed by atoms with Crippen molar-refractivity contribution >= 4 is 15.7 Å². The molecule has 0 saturated heterocycles. The molecule has 1 aromatic heterocycles. The SMILES string of the molecule is CS(=O)(=O)c1ccc(-c2cccc(F)c2)c(C(=O)N2Cc3cn(CC4CC4(F)F)nc3C2)c1. The first-order chi connectivity index (χ1) is 15.5. The van der Waals surface area contributed by atoms with Gasteiger partial charge in [0.05, 0.1) is 17.1 Å². The van der Waals surface area contributed by atoms with E-state index >= 15 is 0 Å². The van der Waals surface area contributed by atoms with Gasteiger partial charge in [-0.05, 0) is 35.4 Å². The predicted molar refractivity (Wildman–Crippen MR) is 114 cm³/mol. The van der Waals surface area contributed by atoms with Gasteiger partial charge in [0, 0.05) is 49.0 Å². The van der Waals surface area contributed by atoms with Crippen molar-refractivity contribution in [2.45, 2.75) is 36.9 Å². The molecule has 1 unspecified atom stereocenters. The second-order valence-electron chi connectivity index (χ2n) is 8.64. The number of hydrogen-bond donors (Lipinski definition) is 0. The number of alkyl halides is 2. The molecule has 0 bridgehead atoms. The Hall–Kier alpha value is -3.14. The van der Waals surface area contributed by atoms with Crippen LogP contribution in [-0.2, 0) is 29.5 Å². The Morgan fingerprint density at radius 1 is 1.18 bits per heavy atom. The minimum atomic E-state index is -3.57. The van der Waals surface area contributed by atoms with Crippen molar-refractivity contribution in [3.63, 3.8) is 0 Å². The Bertz CT molecular complexity index is 1360. The Kier molecular flexibility index (Phi) is 4.89. The van der Waals surface area contributed by atoms with E-state index in [1.165, 1.54) is 46.0 Å². The maximum absolute atomic E-state index is 13.8. The van der Waals surface area contributed by atoms with E-state index in [1.807, 2.05) is 0 Å². The average molecular weight is 475 g/mol. The van der Waals surface area contributed by atoms with Gasteiger partial charge in [0.15, 0.2) is 9.84 Å². The van der Waals surface area contributed by atoms with E-state index in [1.54, 1.807) is 12.3 Å². The lowest BCUT2D eigenvalue weighted by Crippen LogP contribution is -2.27. The Labute approximate surface area is 188 Å². The van der Waals surface area contributed by atoms with Crippen molar-refractivity contribution in [3.8, 4) is 11.1 Å². The molecule has 1 aliphatic heterocycles. The number of fused-ring (bicyclic) bond motifs is 1. The molecule has 2 aliphatic rings. The molecule has 1 atom stereocenters. The molecule has 33 heavy (non-hydrogen) atoms. The molecule has 172 valence electrons. The smallest absolute Gasteiger partial charge is 0.255 e. The van der Waals surface area contributed by atoms with Gasteiger partial charge < -0.3 is 4.90 Å². The van der Waals surface area contributed by atoms with Crippen LogP contribution in [0.2, 0.25) is 0 Å². The van der Waals surface area contributed by atoms with Gasteiger partial charge in [-0.3, -0.25) is 9.48 Å². The van der Waals surface area contributed by atoms with Gasteiger partial charge in [-0.15, -0.1) is 0 Å². The third-order valence-corrected chi connectivity index (χ3v) is 7.17. The summed E-state index contributed by atoms with van der Waals surface area (Å²) in [5.74, 6) is -4.23. The molecule has 2 aromatic carbocycles. The highest BCUT2D eigenvalue weighted by molar-refractivity contribution is 7.90. The summed E-state index contributed by atoms with van der Waals surface area (Å²) in [4.78, 5) is 14.9. The lowest BCUT2D eigenvalue weighted by Gasteiger charge is -2.19. The van der Waals surface area contributed by atoms with E-state index in [9.17, 15) is 26.4 Å². The van der Waals surface area contributed by atoms with E-state index in [0.717, 1.165) is 11.8 Å². The maximum Gasteiger partial charge on any atom is 0.255 e. The molecule has 1 saturated carbocycles. The van der Waals surface area contributed by atoms with Crippen molar-refractivity contribution < 1.29 is 26.4 Å². The molecular weight excluding hydrogens is 455 g/mol. The standard InChI is InChI=1S/C23H20F3N3O3S/c1-33(31,32)18-5-6-19(14-3-2-4-17(24)7-14)20(8-18)22(30)28-10-15-11-29(27-21(15)13-28)12-16-9-23(16,25)26/h2-8,11,16H,9-10,12-13H2,1H3. The zero-order chi connectivity index (χ0) is 23.5. The van der Waals surface area contributed by atoms with Gasteiger partial charge in [0.25, 0.3) is 11.8 Å². The van der Waals surface area contributed by atoms with Crippen LogP contribution in [-0.4, -0.2) is 41.2 Å². The summed E-state index contributed by atoms with van der Waals surface area (Å²) < 4.78 is 65.9. The molecule has 0 spiro atoms. The van der Waals surface area contributed by atoms with Gasteiger partial charge in [-0.25, -0.2) is 21.6 Å². The van der Waals surface area contributed by atoms with Crippen molar-refractivity contribution in [2.24, 2.45) is 5.92 Å².